The number of anilines is 1. The Morgan fingerprint density at radius 2 is 1.50 bits per heavy atom. The van der Waals surface area contributed by atoms with Crippen molar-refractivity contribution in [2.24, 2.45) is 0 Å². The third-order valence-electron chi connectivity index (χ3n) is 2.14. The number of hydrogen-bond donors (Lipinski definition) is 3. The highest BCUT2D eigenvalue weighted by Gasteiger charge is 2.34. The molecule has 3 N–H and O–H groups in total. The van der Waals surface area contributed by atoms with E-state index in [1.54, 1.807) is 12.1 Å². The molecule has 0 bridgehead atoms. The first kappa shape index (κ1) is 15.8. The predicted molar refractivity (Wildman–Crippen MR) is 74.3 cm³/mol. The standard InChI is InChI=1S/C10H15Cl2NO4P/c11-5-7-13(8-6-12)9-1-3-10(4-2-9)17-18(14,15)16/h1-4,14-16H,5-8H2/q+1. The summed E-state index contributed by atoms with van der Waals surface area (Å²) < 4.78 is 4.56. The highest BCUT2D eigenvalue weighted by Crippen LogP contribution is 2.46. The summed E-state index contributed by atoms with van der Waals surface area (Å²) in [5, 5.41) is 0. The molecular weight excluding hydrogens is 300 g/mol. The van der Waals surface area contributed by atoms with E-state index in [0.29, 0.717) is 24.8 Å². The van der Waals surface area contributed by atoms with Crippen LogP contribution in [0.2, 0.25) is 0 Å². The Morgan fingerprint density at radius 3 is 1.89 bits per heavy atom. The summed E-state index contributed by atoms with van der Waals surface area (Å²) in [5.41, 5.74) is 0.890. The normalized spacial score (nSPS) is 11.4. The number of benzene rings is 1. The van der Waals surface area contributed by atoms with Crippen molar-refractivity contribution in [2.45, 2.75) is 0 Å². The second-order valence-corrected chi connectivity index (χ2v) is 5.43. The number of halogens is 2. The second-order valence-electron chi connectivity index (χ2n) is 3.46. The minimum absolute atomic E-state index is 0.177. The number of alkyl halides is 2. The molecule has 0 fully saturated rings. The van der Waals surface area contributed by atoms with E-state index in [9.17, 15) is 0 Å². The van der Waals surface area contributed by atoms with Gasteiger partial charge in [0.15, 0.2) is 5.75 Å². The molecule has 5 nitrogen and oxygen atoms in total. The average Bonchev–Trinajstić information content (AvgIpc) is 2.28. The highest BCUT2D eigenvalue weighted by atomic mass is 35.5. The van der Waals surface area contributed by atoms with Gasteiger partial charge in [0.1, 0.15) is 0 Å². The summed E-state index contributed by atoms with van der Waals surface area (Å²) in [6, 6.07) is 6.51. The van der Waals surface area contributed by atoms with Crippen LogP contribution in [0.3, 0.4) is 0 Å². The topological polar surface area (TPSA) is 73.2 Å². The van der Waals surface area contributed by atoms with Gasteiger partial charge in [-0.2, -0.15) is 14.7 Å². The Bertz CT molecular complexity index is 352. The Kier molecular flexibility index (Phi) is 6.43. The van der Waals surface area contributed by atoms with Crippen LogP contribution in [0.1, 0.15) is 0 Å². The number of rotatable bonds is 7. The molecule has 0 amide bonds. The van der Waals surface area contributed by atoms with Crippen LogP contribution in [-0.2, 0) is 0 Å². The molecule has 0 aromatic heterocycles. The molecule has 1 aromatic rings. The SMILES string of the molecule is O[P+](O)(O)Oc1ccc(N(CCCl)CCCl)cc1. The third-order valence-corrected chi connectivity index (χ3v) is 2.93. The molecule has 0 heterocycles. The molecule has 0 aliphatic carbocycles. The van der Waals surface area contributed by atoms with Gasteiger partial charge in [0.05, 0.1) is 0 Å². The summed E-state index contributed by atoms with van der Waals surface area (Å²) in [6.45, 7) is 1.32. The van der Waals surface area contributed by atoms with Crippen LogP contribution in [0.4, 0.5) is 5.69 Å². The summed E-state index contributed by atoms with van der Waals surface area (Å²) in [7, 11) is -4.26. The average molecular weight is 315 g/mol. The van der Waals surface area contributed by atoms with E-state index >= 15 is 0 Å². The monoisotopic (exact) mass is 314 g/mol. The first-order valence-electron chi connectivity index (χ1n) is 5.20. The number of hydrogen-bond acceptors (Lipinski definition) is 5. The third kappa shape index (κ3) is 5.57. The van der Waals surface area contributed by atoms with Crippen LogP contribution >= 0.6 is 31.4 Å². The Morgan fingerprint density at radius 1 is 1.00 bits per heavy atom. The summed E-state index contributed by atoms with van der Waals surface area (Å²) in [6.07, 6.45) is 0. The lowest BCUT2D eigenvalue weighted by molar-refractivity contribution is 0.238. The molecule has 0 unspecified atom stereocenters. The lowest BCUT2D eigenvalue weighted by atomic mass is 10.2. The van der Waals surface area contributed by atoms with E-state index in [2.05, 4.69) is 4.52 Å². The molecule has 1 aromatic carbocycles. The van der Waals surface area contributed by atoms with Crippen molar-refractivity contribution >= 4 is 37.1 Å². The van der Waals surface area contributed by atoms with Gasteiger partial charge >= 0.3 is 8.17 Å². The zero-order valence-corrected chi connectivity index (χ0v) is 11.9. The maximum absolute atomic E-state index is 8.77. The predicted octanol–water partition coefficient (Wildman–Crippen LogP) is 2.00. The van der Waals surface area contributed by atoms with Crippen LogP contribution in [0.25, 0.3) is 0 Å². The summed E-state index contributed by atoms with van der Waals surface area (Å²) in [5.74, 6) is 1.14. The van der Waals surface area contributed by atoms with E-state index in [1.165, 1.54) is 12.1 Å². The zero-order valence-electron chi connectivity index (χ0n) is 9.54. The highest BCUT2D eigenvalue weighted by molar-refractivity contribution is 7.53. The van der Waals surface area contributed by atoms with Crippen LogP contribution in [0, 0.1) is 0 Å². The van der Waals surface area contributed by atoms with Gasteiger partial charge in [-0.25, -0.2) is 0 Å². The van der Waals surface area contributed by atoms with Gasteiger partial charge in [0, 0.05) is 30.5 Å². The van der Waals surface area contributed by atoms with E-state index in [1.807, 2.05) is 4.90 Å². The van der Waals surface area contributed by atoms with Gasteiger partial charge in [0.25, 0.3) is 0 Å². The maximum Gasteiger partial charge on any atom is 0.613 e. The van der Waals surface area contributed by atoms with E-state index < -0.39 is 8.17 Å². The largest absolute Gasteiger partial charge is 0.613 e. The molecule has 0 atom stereocenters. The maximum atomic E-state index is 8.77. The van der Waals surface area contributed by atoms with Gasteiger partial charge in [-0.05, 0) is 24.3 Å². The molecule has 0 radical (unpaired) electrons. The molecule has 102 valence electrons. The Labute approximate surface area is 116 Å². The van der Waals surface area contributed by atoms with Crippen molar-refractivity contribution < 1.29 is 19.2 Å². The van der Waals surface area contributed by atoms with Crippen LogP contribution in [0.15, 0.2) is 24.3 Å². The van der Waals surface area contributed by atoms with Crippen molar-refractivity contribution in [1.29, 1.82) is 0 Å². The van der Waals surface area contributed by atoms with E-state index in [0.717, 1.165) is 5.69 Å². The van der Waals surface area contributed by atoms with Crippen LogP contribution < -0.4 is 9.42 Å². The molecule has 0 aliphatic rings. The lowest BCUT2D eigenvalue weighted by Crippen LogP contribution is -2.27. The quantitative estimate of drug-likeness (QED) is 0.530. The number of nitrogens with zero attached hydrogens (tertiary/aromatic N) is 1. The van der Waals surface area contributed by atoms with Gasteiger partial charge in [0.2, 0.25) is 0 Å². The summed E-state index contributed by atoms with van der Waals surface area (Å²) >= 11 is 11.4. The lowest BCUT2D eigenvalue weighted by Gasteiger charge is -2.22. The molecular formula is C10H15Cl2NO4P+. The molecule has 18 heavy (non-hydrogen) atoms. The fourth-order valence-corrected chi connectivity index (χ4v) is 2.25. The van der Waals surface area contributed by atoms with Crippen molar-refractivity contribution in [3.8, 4) is 5.75 Å². The Balaban J connectivity index is 2.73. The van der Waals surface area contributed by atoms with E-state index in [-0.39, 0.29) is 5.75 Å². The van der Waals surface area contributed by atoms with Crippen LogP contribution in [0.5, 0.6) is 5.75 Å². The molecule has 8 heteroatoms. The smallest absolute Gasteiger partial charge is 0.369 e. The fraction of sp³-hybridized carbons (Fsp3) is 0.400. The minimum atomic E-state index is -4.26. The second kappa shape index (κ2) is 7.34. The first-order valence-corrected chi connectivity index (χ1v) is 7.83. The van der Waals surface area contributed by atoms with Crippen molar-refractivity contribution in [3.63, 3.8) is 0 Å². The van der Waals surface area contributed by atoms with Gasteiger partial charge < -0.3 is 4.90 Å². The van der Waals surface area contributed by atoms with Crippen molar-refractivity contribution in [2.75, 3.05) is 29.7 Å². The molecule has 0 saturated heterocycles. The zero-order chi connectivity index (χ0) is 13.6. The molecule has 1 rings (SSSR count). The van der Waals surface area contributed by atoms with Crippen LogP contribution in [-0.4, -0.2) is 39.5 Å². The fourth-order valence-electron chi connectivity index (χ4n) is 1.43. The first-order chi connectivity index (χ1) is 8.46. The molecule has 0 aliphatic heterocycles. The van der Waals surface area contributed by atoms with Gasteiger partial charge in [-0.15, -0.1) is 23.2 Å². The van der Waals surface area contributed by atoms with Gasteiger partial charge in [-0.3, -0.25) is 4.52 Å². The Hall–Kier alpha value is -0.290. The van der Waals surface area contributed by atoms with E-state index in [4.69, 9.17) is 37.9 Å². The molecule has 0 saturated carbocycles. The van der Waals surface area contributed by atoms with Gasteiger partial charge in [-0.1, -0.05) is 0 Å². The molecule has 0 spiro atoms. The minimum Gasteiger partial charge on any atom is -0.369 e. The summed E-state index contributed by atoms with van der Waals surface area (Å²) in [4.78, 5) is 28.3. The van der Waals surface area contributed by atoms with Crippen molar-refractivity contribution in [1.82, 2.24) is 0 Å². The van der Waals surface area contributed by atoms with Crippen molar-refractivity contribution in [3.05, 3.63) is 24.3 Å².